The van der Waals surface area contributed by atoms with E-state index in [4.69, 9.17) is 9.97 Å². The molecule has 0 atom stereocenters. The monoisotopic (exact) mass is 352 g/mol. The minimum Gasteiger partial charge on any atom is -0.228 e. The normalized spacial score (nSPS) is 11.5. The topological polar surface area (TPSA) is 25.8 Å². The fraction of sp³-hybridized carbons (Fsp3) is 0.120. The van der Waals surface area contributed by atoms with Crippen LogP contribution >= 0.6 is 0 Å². The summed E-state index contributed by atoms with van der Waals surface area (Å²) in [6.45, 7) is 10.2. The SMILES string of the molecule is C=C/C(C)=C(\C=C(C)C)c1cc(-c2ccccc2)nc(-c2ccccc2)n1. The molecule has 0 saturated carbocycles. The molecule has 0 aliphatic carbocycles. The van der Waals surface area contributed by atoms with Crippen LogP contribution < -0.4 is 0 Å². The average Bonchev–Trinajstić information content (AvgIpc) is 2.72. The average molecular weight is 352 g/mol. The molecule has 3 rings (SSSR count). The van der Waals surface area contributed by atoms with Crippen molar-refractivity contribution in [2.24, 2.45) is 0 Å². The molecule has 0 saturated heterocycles. The Morgan fingerprint density at radius 2 is 1.41 bits per heavy atom. The second-order valence-electron chi connectivity index (χ2n) is 6.72. The largest absolute Gasteiger partial charge is 0.228 e. The summed E-state index contributed by atoms with van der Waals surface area (Å²) in [4.78, 5) is 9.73. The highest BCUT2D eigenvalue weighted by atomic mass is 14.9. The van der Waals surface area contributed by atoms with E-state index in [2.05, 4.69) is 51.6 Å². The van der Waals surface area contributed by atoms with Crippen LogP contribution in [0.15, 0.2) is 96.6 Å². The summed E-state index contributed by atoms with van der Waals surface area (Å²) in [5, 5.41) is 0. The highest BCUT2D eigenvalue weighted by Gasteiger charge is 2.12. The van der Waals surface area contributed by atoms with Crippen molar-refractivity contribution in [3.8, 4) is 22.6 Å². The van der Waals surface area contributed by atoms with Crippen molar-refractivity contribution >= 4 is 5.57 Å². The lowest BCUT2D eigenvalue weighted by Crippen LogP contribution is -1.99. The first-order valence-corrected chi connectivity index (χ1v) is 9.07. The lowest BCUT2D eigenvalue weighted by molar-refractivity contribution is 1.15. The van der Waals surface area contributed by atoms with E-state index in [9.17, 15) is 0 Å². The van der Waals surface area contributed by atoms with Crippen LogP contribution in [0.4, 0.5) is 0 Å². The molecule has 0 amide bonds. The van der Waals surface area contributed by atoms with Crippen molar-refractivity contribution < 1.29 is 0 Å². The molecule has 0 aliphatic heterocycles. The van der Waals surface area contributed by atoms with Crippen molar-refractivity contribution in [3.05, 3.63) is 102 Å². The molecule has 1 heterocycles. The van der Waals surface area contributed by atoms with E-state index in [1.54, 1.807) is 0 Å². The van der Waals surface area contributed by atoms with Gasteiger partial charge in [-0.25, -0.2) is 9.97 Å². The Balaban J connectivity index is 2.27. The smallest absolute Gasteiger partial charge is 0.160 e. The van der Waals surface area contributed by atoms with Crippen LogP contribution in [-0.2, 0) is 0 Å². The van der Waals surface area contributed by atoms with E-state index in [-0.39, 0.29) is 0 Å². The Hall–Kier alpha value is -3.26. The first-order chi connectivity index (χ1) is 13.1. The van der Waals surface area contributed by atoms with Gasteiger partial charge in [-0.05, 0) is 32.4 Å². The Bertz CT molecular complexity index is 935. The second kappa shape index (κ2) is 8.41. The van der Waals surface area contributed by atoms with Crippen LogP contribution in [0.1, 0.15) is 26.5 Å². The summed E-state index contributed by atoms with van der Waals surface area (Å²) in [5.74, 6) is 0.725. The van der Waals surface area contributed by atoms with E-state index in [1.165, 1.54) is 5.57 Å². The highest BCUT2D eigenvalue weighted by molar-refractivity contribution is 5.79. The molecule has 0 radical (unpaired) electrons. The molecule has 0 unspecified atom stereocenters. The molecular weight excluding hydrogens is 328 g/mol. The molecule has 2 nitrogen and oxygen atoms in total. The minimum absolute atomic E-state index is 0.725. The maximum absolute atomic E-state index is 4.89. The zero-order valence-electron chi connectivity index (χ0n) is 16.1. The van der Waals surface area contributed by atoms with Gasteiger partial charge in [-0.2, -0.15) is 0 Å². The second-order valence-corrected chi connectivity index (χ2v) is 6.72. The van der Waals surface area contributed by atoms with Gasteiger partial charge in [0.2, 0.25) is 0 Å². The van der Waals surface area contributed by atoms with Crippen molar-refractivity contribution in [2.45, 2.75) is 20.8 Å². The van der Waals surface area contributed by atoms with E-state index in [1.807, 2.05) is 54.6 Å². The zero-order valence-corrected chi connectivity index (χ0v) is 16.1. The lowest BCUT2D eigenvalue weighted by Gasteiger charge is -2.12. The summed E-state index contributed by atoms with van der Waals surface area (Å²) >= 11 is 0. The van der Waals surface area contributed by atoms with Crippen LogP contribution in [-0.4, -0.2) is 9.97 Å². The minimum atomic E-state index is 0.725. The fourth-order valence-electron chi connectivity index (χ4n) is 2.85. The van der Waals surface area contributed by atoms with Gasteiger partial charge in [0, 0.05) is 16.7 Å². The van der Waals surface area contributed by atoms with Crippen molar-refractivity contribution in [2.75, 3.05) is 0 Å². The lowest BCUT2D eigenvalue weighted by atomic mass is 10.0. The number of aromatic nitrogens is 2. The van der Waals surface area contributed by atoms with Gasteiger partial charge in [-0.3, -0.25) is 0 Å². The highest BCUT2D eigenvalue weighted by Crippen LogP contribution is 2.28. The van der Waals surface area contributed by atoms with E-state index in [0.29, 0.717) is 0 Å². The standard InChI is InChI=1S/C25H24N2/c1-5-19(4)22(16-18(2)3)24-17-23(20-12-8-6-9-13-20)26-25(27-24)21-14-10-7-11-15-21/h5-17H,1H2,2-4H3/b22-19+. The molecule has 0 fully saturated rings. The Morgan fingerprint density at radius 3 is 1.96 bits per heavy atom. The fourth-order valence-corrected chi connectivity index (χ4v) is 2.85. The van der Waals surface area contributed by atoms with Crippen LogP contribution in [0.3, 0.4) is 0 Å². The van der Waals surface area contributed by atoms with E-state index < -0.39 is 0 Å². The third-order valence-electron chi connectivity index (χ3n) is 4.27. The van der Waals surface area contributed by atoms with Gasteiger partial charge in [-0.1, -0.05) is 85.0 Å². The molecule has 0 bridgehead atoms. The van der Waals surface area contributed by atoms with E-state index >= 15 is 0 Å². The van der Waals surface area contributed by atoms with Gasteiger partial charge in [0.25, 0.3) is 0 Å². The summed E-state index contributed by atoms with van der Waals surface area (Å²) in [6.07, 6.45) is 4.03. The maximum atomic E-state index is 4.89. The number of allylic oxidation sites excluding steroid dienone is 5. The quantitative estimate of drug-likeness (QED) is 0.475. The summed E-state index contributed by atoms with van der Waals surface area (Å²) < 4.78 is 0. The molecule has 0 N–H and O–H groups in total. The van der Waals surface area contributed by atoms with E-state index in [0.717, 1.165) is 39.5 Å². The van der Waals surface area contributed by atoms with Crippen molar-refractivity contribution in [3.63, 3.8) is 0 Å². The first-order valence-electron chi connectivity index (χ1n) is 9.07. The number of benzene rings is 2. The summed E-state index contributed by atoms with van der Waals surface area (Å²) in [7, 11) is 0. The van der Waals surface area contributed by atoms with Crippen molar-refractivity contribution in [1.29, 1.82) is 0 Å². The Morgan fingerprint density at radius 1 is 0.815 bits per heavy atom. The molecule has 3 aromatic rings. The predicted octanol–water partition coefficient (Wildman–Crippen LogP) is 6.74. The number of rotatable bonds is 5. The summed E-state index contributed by atoms with van der Waals surface area (Å²) in [5.41, 5.74) is 7.27. The number of hydrogen-bond acceptors (Lipinski definition) is 2. The van der Waals surface area contributed by atoms with Crippen LogP contribution in [0.5, 0.6) is 0 Å². The molecule has 134 valence electrons. The summed E-state index contributed by atoms with van der Waals surface area (Å²) in [6, 6.07) is 22.4. The molecule has 2 heteroatoms. The molecule has 0 aliphatic rings. The van der Waals surface area contributed by atoms with Crippen molar-refractivity contribution in [1.82, 2.24) is 9.97 Å². The zero-order chi connectivity index (χ0) is 19.2. The van der Waals surface area contributed by atoms with Gasteiger partial charge in [-0.15, -0.1) is 0 Å². The van der Waals surface area contributed by atoms with Gasteiger partial charge in [0.05, 0.1) is 11.4 Å². The van der Waals surface area contributed by atoms with Crippen LogP contribution in [0.25, 0.3) is 28.2 Å². The predicted molar refractivity (Wildman–Crippen MR) is 115 cm³/mol. The third-order valence-corrected chi connectivity index (χ3v) is 4.27. The van der Waals surface area contributed by atoms with Crippen LogP contribution in [0, 0.1) is 0 Å². The maximum Gasteiger partial charge on any atom is 0.160 e. The first kappa shape index (κ1) is 18.5. The molecule has 2 aromatic carbocycles. The van der Waals surface area contributed by atoms with Gasteiger partial charge < -0.3 is 0 Å². The van der Waals surface area contributed by atoms with Gasteiger partial charge in [0.15, 0.2) is 5.82 Å². The molecular formula is C25H24N2. The van der Waals surface area contributed by atoms with Gasteiger partial charge in [0.1, 0.15) is 0 Å². The molecule has 27 heavy (non-hydrogen) atoms. The Labute approximate surface area is 161 Å². The molecule has 0 spiro atoms. The number of hydrogen-bond donors (Lipinski definition) is 0. The number of nitrogens with zero attached hydrogens (tertiary/aromatic N) is 2. The Kier molecular flexibility index (Phi) is 5.77. The molecule has 1 aromatic heterocycles. The van der Waals surface area contributed by atoms with Crippen LogP contribution in [0.2, 0.25) is 0 Å². The van der Waals surface area contributed by atoms with Gasteiger partial charge >= 0.3 is 0 Å². The third kappa shape index (κ3) is 4.48.